The Hall–Kier alpha value is -1.76. The van der Waals surface area contributed by atoms with Crippen LogP contribution in [0.3, 0.4) is 0 Å². The van der Waals surface area contributed by atoms with E-state index in [-0.39, 0.29) is 18.4 Å². The number of benzene rings is 1. The molecule has 0 radical (unpaired) electrons. The van der Waals surface area contributed by atoms with Crippen LogP contribution in [0.25, 0.3) is 11.0 Å². The lowest BCUT2D eigenvalue weighted by molar-refractivity contribution is -0.164. The van der Waals surface area contributed by atoms with Gasteiger partial charge in [0.2, 0.25) is 0 Å². The van der Waals surface area contributed by atoms with E-state index >= 15 is 0 Å². The molecule has 0 aliphatic carbocycles. The maximum Gasteiger partial charge on any atom is 0.325 e. The van der Waals surface area contributed by atoms with Gasteiger partial charge in [0.15, 0.2) is 0 Å². The zero-order valence-corrected chi connectivity index (χ0v) is 12.5. The number of ether oxygens (including phenoxy) is 1. The van der Waals surface area contributed by atoms with E-state index in [2.05, 4.69) is 14.7 Å². The molecular formula is C14H18ClN3O3. The normalized spacial score (nSPS) is 17.5. The minimum absolute atomic E-state index is 0. The summed E-state index contributed by atoms with van der Waals surface area (Å²) in [5.41, 5.74) is 1.90. The highest BCUT2D eigenvalue weighted by atomic mass is 35.5. The number of carbonyl (C=O) groups is 1. The van der Waals surface area contributed by atoms with Gasteiger partial charge in [0.05, 0.1) is 18.1 Å². The van der Waals surface area contributed by atoms with Crippen LogP contribution in [0.2, 0.25) is 0 Å². The van der Waals surface area contributed by atoms with E-state index in [1.807, 2.05) is 24.3 Å². The number of methoxy groups -OCH3 is 1. The first-order chi connectivity index (χ1) is 9.72. The third kappa shape index (κ3) is 4.63. The van der Waals surface area contributed by atoms with Gasteiger partial charge < -0.3 is 9.94 Å². The fraction of sp³-hybridized carbons (Fsp3) is 0.357. The van der Waals surface area contributed by atoms with E-state index in [1.165, 1.54) is 7.11 Å². The molecule has 2 aromatic rings. The van der Waals surface area contributed by atoms with Crippen LogP contribution in [-0.4, -0.2) is 45.9 Å². The highest BCUT2D eigenvalue weighted by Gasteiger charge is 2.30. The summed E-state index contributed by atoms with van der Waals surface area (Å²) in [5, 5.41) is 10.1. The van der Waals surface area contributed by atoms with Crippen molar-refractivity contribution in [3.63, 3.8) is 0 Å². The number of esters is 1. The van der Waals surface area contributed by atoms with Gasteiger partial charge in [0, 0.05) is 18.9 Å². The molecule has 1 aliphatic rings. The highest BCUT2D eigenvalue weighted by molar-refractivity contribution is 5.85. The minimum Gasteiger partial charge on any atom is -0.468 e. The summed E-state index contributed by atoms with van der Waals surface area (Å²) in [7, 11) is 1.33. The second-order valence-corrected chi connectivity index (χ2v) is 4.39. The maximum absolute atomic E-state index is 10.8. The highest BCUT2D eigenvalue weighted by Crippen LogP contribution is 2.14. The van der Waals surface area contributed by atoms with Gasteiger partial charge in [0.1, 0.15) is 6.04 Å². The third-order valence-corrected chi connectivity index (χ3v) is 3.07. The maximum atomic E-state index is 10.8. The van der Waals surface area contributed by atoms with Crippen molar-refractivity contribution < 1.29 is 14.7 Å². The fourth-order valence-electron chi connectivity index (χ4n) is 2.04. The van der Waals surface area contributed by atoms with Crippen molar-refractivity contribution in [1.29, 1.82) is 0 Å². The summed E-state index contributed by atoms with van der Waals surface area (Å²) < 4.78 is 4.46. The first-order valence-corrected chi connectivity index (χ1v) is 6.41. The fourth-order valence-corrected chi connectivity index (χ4v) is 2.04. The summed E-state index contributed by atoms with van der Waals surface area (Å²) >= 11 is 0. The van der Waals surface area contributed by atoms with E-state index in [0.29, 0.717) is 13.0 Å². The van der Waals surface area contributed by atoms with Crippen LogP contribution < -0.4 is 0 Å². The molecule has 1 N–H and O–H groups in total. The van der Waals surface area contributed by atoms with Gasteiger partial charge in [-0.05, 0) is 25.0 Å². The Labute approximate surface area is 129 Å². The number of halogens is 1. The van der Waals surface area contributed by atoms with Crippen LogP contribution in [0.15, 0.2) is 36.7 Å². The summed E-state index contributed by atoms with van der Waals surface area (Å²) in [6, 6.07) is 7.38. The lowest BCUT2D eigenvalue weighted by Crippen LogP contribution is -2.34. The van der Waals surface area contributed by atoms with Crippen molar-refractivity contribution in [3.8, 4) is 0 Å². The number of aromatic nitrogens is 2. The largest absolute Gasteiger partial charge is 0.468 e. The molecule has 21 heavy (non-hydrogen) atoms. The monoisotopic (exact) mass is 311 g/mol. The van der Waals surface area contributed by atoms with Gasteiger partial charge in [-0.2, -0.15) is 5.06 Å². The minimum atomic E-state index is -0.426. The second kappa shape index (κ2) is 8.51. The number of nitrogens with zero attached hydrogens (tertiary/aromatic N) is 3. The first-order valence-electron chi connectivity index (χ1n) is 6.41. The SMILES string of the molecule is COC(=O)C1CCCN1O.Cl.c1ccc2nccnc2c1. The molecule has 1 aromatic heterocycles. The van der Waals surface area contributed by atoms with E-state index in [4.69, 9.17) is 5.21 Å². The van der Waals surface area contributed by atoms with Crippen LogP contribution in [0.4, 0.5) is 0 Å². The molecule has 1 saturated heterocycles. The van der Waals surface area contributed by atoms with Crippen molar-refractivity contribution in [3.05, 3.63) is 36.7 Å². The predicted molar refractivity (Wildman–Crippen MR) is 80.3 cm³/mol. The Morgan fingerprint density at radius 2 is 1.86 bits per heavy atom. The van der Waals surface area contributed by atoms with Gasteiger partial charge >= 0.3 is 5.97 Å². The molecule has 1 aliphatic heterocycles. The Morgan fingerprint density at radius 1 is 1.29 bits per heavy atom. The number of rotatable bonds is 1. The lowest BCUT2D eigenvalue weighted by Gasteiger charge is -2.13. The molecule has 114 valence electrons. The zero-order valence-electron chi connectivity index (χ0n) is 11.7. The molecule has 2 heterocycles. The predicted octanol–water partition coefficient (Wildman–Crippen LogP) is 2.06. The average molecular weight is 312 g/mol. The smallest absolute Gasteiger partial charge is 0.325 e. The summed E-state index contributed by atoms with van der Waals surface area (Å²) in [6.07, 6.45) is 4.95. The van der Waals surface area contributed by atoms with Crippen molar-refractivity contribution in [1.82, 2.24) is 15.0 Å². The lowest BCUT2D eigenvalue weighted by atomic mass is 10.2. The first kappa shape index (κ1) is 17.3. The summed E-state index contributed by atoms with van der Waals surface area (Å²) in [4.78, 5) is 19.0. The van der Waals surface area contributed by atoms with Crippen LogP contribution >= 0.6 is 12.4 Å². The van der Waals surface area contributed by atoms with E-state index in [1.54, 1.807) is 12.4 Å². The summed E-state index contributed by atoms with van der Waals surface area (Å²) in [6.45, 7) is 0.569. The van der Waals surface area contributed by atoms with E-state index in [9.17, 15) is 4.79 Å². The van der Waals surface area contributed by atoms with Crippen LogP contribution in [0.1, 0.15) is 12.8 Å². The topological polar surface area (TPSA) is 75.5 Å². The van der Waals surface area contributed by atoms with E-state index < -0.39 is 6.04 Å². The quantitative estimate of drug-likeness (QED) is 0.813. The van der Waals surface area contributed by atoms with Crippen molar-refractivity contribution in [2.45, 2.75) is 18.9 Å². The van der Waals surface area contributed by atoms with Gasteiger partial charge in [0.25, 0.3) is 0 Å². The van der Waals surface area contributed by atoms with Gasteiger partial charge in [-0.3, -0.25) is 14.8 Å². The Balaban J connectivity index is 0.000000200. The molecule has 6 nitrogen and oxygen atoms in total. The number of para-hydroxylation sites is 2. The Morgan fingerprint density at radius 3 is 2.29 bits per heavy atom. The van der Waals surface area contributed by atoms with Gasteiger partial charge in [-0.1, -0.05) is 12.1 Å². The number of hydrogen-bond acceptors (Lipinski definition) is 6. The van der Waals surface area contributed by atoms with Gasteiger partial charge in [-0.15, -0.1) is 12.4 Å². The van der Waals surface area contributed by atoms with Crippen LogP contribution in [-0.2, 0) is 9.53 Å². The summed E-state index contributed by atoms with van der Waals surface area (Å²) in [5.74, 6) is -0.347. The Bertz CT molecular complexity index is 517. The van der Waals surface area contributed by atoms with Crippen LogP contribution in [0.5, 0.6) is 0 Å². The number of carbonyl (C=O) groups excluding carboxylic acids is 1. The van der Waals surface area contributed by atoms with Crippen molar-refractivity contribution >= 4 is 29.4 Å². The molecule has 1 atom stereocenters. The number of hydrogen-bond donors (Lipinski definition) is 1. The molecule has 7 heteroatoms. The number of fused-ring (bicyclic) bond motifs is 1. The molecule has 1 unspecified atom stereocenters. The van der Waals surface area contributed by atoms with Crippen molar-refractivity contribution in [2.75, 3.05) is 13.7 Å². The molecule has 3 rings (SSSR count). The standard InChI is InChI=1S/C8H6N2.C6H11NO3.ClH/c1-2-4-8-7(3-1)9-5-6-10-8;1-10-6(8)5-3-2-4-7(5)9;/h1-6H;5,9H,2-4H2,1H3;1H. The third-order valence-electron chi connectivity index (χ3n) is 3.07. The molecule has 1 aromatic carbocycles. The Kier molecular flexibility index (Phi) is 7.01. The number of hydroxylamine groups is 2. The second-order valence-electron chi connectivity index (χ2n) is 4.39. The van der Waals surface area contributed by atoms with E-state index in [0.717, 1.165) is 22.5 Å². The molecule has 0 spiro atoms. The average Bonchev–Trinajstić information content (AvgIpc) is 2.93. The molecule has 0 amide bonds. The zero-order chi connectivity index (χ0) is 14.4. The molecular weight excluding hydrogens is 294 g/mol. The van der Waals surface area contributed by atoms with Crippen molar-refractivity contribution in [2.24, 2.45) is 0 Å². The van der Waals surface area contributed by atoms with Gasteiger partial charge in [-0.25, -0.2) is 0 Å². The van der Waals surface area contributed by atoms with Crippen LogP contribution in [0, 0.1) is 0 Å². The molecule has 1 fully saturated rings. The molecule has 0 saturated carbocycles. The molecule has 0 bridgehead atoms.